The van der Waals surface area contributed by atoms with E-state index < -0.39 is 11.6 Å². The van der Waals surface area contributed by atoms with E-state index in [1.54, 1.807) is 25.4 Å². The molecular weight excluding hydrogens is 330 g/mol. The summed E-state index contributed by atoms with van der Waals surface area (Å²) in [5, 5.41) is 3.93. The number of furan rings is 1. The van der Waals surface area contributed by atoms with Gasteiger partial charge in [0, 0.05) is 19.3 Å². The summed E-state index contributed by atoms with van der Waals surface area (Å²) < 4.78 is 38.6. The van der Waals surface area contributed by atoms with Crippen LogP contribution in [-0.4, -0.2) is 15.6 Å². The molecule has 7 heteroatoms. The van der Waals surface area contributed by atoms with E-state index in [0.29, 0.717) is 17.1 Å². The van der Waals surface area contributed by atoms with Gasteiger partial charge in [-0.2, -0.15) is 5.10 Å². The lowest BCUT2D eigenvalue weighted by molar-refractivity contribution is 0.104. The summed E-state index contributed by atoms with van der Waals surface area (Å²) in [6.07, 6.45) is 5.99. The fourth-order valence-electron chi connectivity index (χ4n) is 2.11. The van der Waals surface area contributed by atoms with Crippen LogP contribution in [0.3, 0.4) is 0 Å². The van der Waals surface area contributed by atoms with E-state index in [1.807, 2.05) is 0 Å². The van der Waals surface area contributed by atoms with Gasteiger partial charge in [-0.1, -0.05) is 0 Å². The van der Waals surface area contributed by atoms with Crippen LogP contribution >= 0.6 is 0 Å². The summed E-state index contributed by atoms with van der Waals surface area (Å²) in [4.78, 5) is 11.9. The lowest BCUT2D eigenvalue weighted by Gasteiger charge is -2.05. The lowest BCUT2D eigenvalue weighted by atomic mass is 10.2. The number of aromatic nitrogens is 2. The van der Waals surface area contributed by atoms with Crippen LogP contribution in [0, 0.1) is 11.6 Å². The van der Waals surface area contributed by atoms with Gasteiger partial charge in [-0.15, -0.1) is 0 Å². The molecule has 0 spiro atoms. The third-order valence-corrected chi connectivity index (χ3v) is 3.33. The van der Waals surface area contributed by atoms with Crippen molar-refractivity contribution in [2.45, 2.75) is 6.61 Å². The van der Waals surface area contributed by atoms with Gasteiger partial charge in [0.25, 0.3) is 0 Å². The summed E-state index contributed by atoms with van der Waals surface area (Å²) >= 11 is 0. The van der Waals surface area contributed by atoms with Gasteiger partial charge in [0.2, 0.25) is 0 Å². The molecule has 0 radical (unpaired) electrons. The van der Waals surface area contributed by atoms with Crippen molar-refractivity contribution in [2.75, 3.05) is 0 Å². The van der Waals surface area contributed by atoms with Crippen molar-refractivity contribution in [2.24, 2.45) is 7.05 Å². The zero-order valence-electron chi connectivity index (χ0n) is 13.3. The van der Waals surface area contributed by atoms with Crippen LogP contribution in [0.4, 0.5) is 8.78 Å². The van der Waals surface area contributed by atoms with E-state index in [-0.39, 0.29) is 18.1 Å². The van der Waals surface area contributed by atoms with Gasteiger partial charge < -0.3 is 9.15 Å². The summed E-state index contributed by atoms with van der Waals surface area (Å²) in [6, 6.07) is 6.37. The molecule has 0 atom stereocenters. The summed E-state index contributed by atoms with van der Waals surface area (Å²) in [5.74, 6) is -0.827. The van der Waals surface area contributed by atoms with Crippen LogP contribution in [0.15, 0.2) is 53.2 Å². The molecule has 2 aromatic heterocycles. The van der Waals surface area contributed by atoms with Gasteiger partial charge >= 0.3 is 0 Å². The molecule has 3 aromatic rings. The average Bonchev–Trinajstić information content (AvgIpc) is 3.21. The largest absolute Gasteiger partial charge is 0.483 e. The molecule has 0 aliphatic carbocycles. The fourth-order valence-corrected chi connectivity index (χ4v) is 2.11. The molecule has 3 rings (SSSR count). The maximum Gasteiger partial charge on any atom is 0.189 e. The second-order valence-corrected chi connectivity index (χ2v) is 5.27. The van der Waals surface area contributed by atoms with Crippen molar-refractivity contribution in [3.63, 3.8) is 0 Å². The van der Waals surface area contributed by atoms with Gasteiger partial charge in [-0.05, 0) is 36.4 Å². The van der Waals surface area contributed by atoms with E-state index in [9.17, 15) is 13.6 Å². The zero-order valence-corrected chi connectivity index (χ0v) is 13.3. The van der Waals surface area contributed by atoms with Crippen LogP contribution in [0.25, 0.3) is 6.08 Å². The SMILES string of the molecule is Cn1cc(C(=O)/C=C/c2ccc(COc3ccc(F)cc3F)o2)cn1. The third kappa shape index (κ3) is 4.20. The highest BCUT2D eigenvalue weighted by Crippen LogP contribution is 2.20. The van der Waals surface area contributed by atoms with E-state index in [2.05, 4.69) is 5.10 Å². The second-order valence-electron chi connectivity index (χ2n) is 5.27. The Hall–Kier alpha value is -3.22. The Balaban J connectivity index is 1.60. The number of hydrogen-bond acceptors (Lipinski definition) is 4. The highest BCUT2D eigenvalue weighted by Gasteiger charge is 2.08. The zero-order chi connectivity index (χ0) is 17.8. The minimum absolute atomic E-state index is 0.0209. The Kier molecular flexibility index (Phi) is 4.74. The van der Waals surface area contributed by atoms with E-state index >= 15 is 0 Å². The van der Waals surface area contributed by atoms with Gasteiger partial charge in [0.1, 0.15) is 23.9 Å². The summed E-state index contributed by atoms with van der Waals surface area (Å²) in [7, 11) is 1.73. The Labute approximate surface area is 142 Å². The summed E-state index contributed by atoms with van der Waals surface area (Å²) in [6.45, 7) is -0.0209. The molecule has 1 aromatic carbocycles. The third-order valence-electron chi connectivity index (χ3n) is 3.33. The molecule has 0 amide bonds. The number of ketones is 1. The minimum Gasteiger partial charge on any atom is -0.483 e. The molecule has 5 nitrogen and oxygen atoms in total. The van der Waals surface area contributed by atoms with Crippen molar-refractivity contribution in [3.8, 4) is 5.75 Å². The number of allylic oxidation sites excluding steroid dienone is 1. The van der Waals surface area contributed by atoms with Crippen LogP contribution in [0.1, 0.15) is 21.9 Å². The minimum atomic E-state index is -0.784. The molecule has 0 saturated carbocycles. The molecule has 0 aliphatic rings. The van der Waals surface area contributed by atoms with E-state index in [0.717, 1.165) is 12.1 Å². The summed E-state index contributed by atoms with van der Waals surface area (Å²) in [5.41, 5.74) is 0.473. The first-order valence-electron chi connectivity index (χ1n) is 7.39. The predicted octanol–water partition coefficient (Wildman–Crippen LogP) is 3.77. The molecule has 2 heterocycles. The monoisotopic (exact) mass is 344 g/mol. The van der Waals surface area contributed by atoms with Crippen molar-refractivity contribution in [1.29, 1.82) is 0 Å². The number of rotatable bonds is 6. The number of halogens is 2. The molecule has 0 aliphatic heterocycles. The molecule has 0 fully saturated rings. The van der Waals surface area contributed by atoms with Crippen LogP contribution in [-0.2, 0) is 13.7 Å². The first-order chi connectivity index (χ1) is 12.0. The Morgan fingerprint density at radius 3 is 2.88 bits per heavy atom. The first-order valence-corrected chi connectivity index (χ1v) is 7.39. The average molecular weight is 344 g/mol. The quantitative estimate of drug-likeness (QED) is 0.505. The van der Waals surface area contributed by atoms with Gasteiger partial charge in [0.05, 0.1) is 11.8 Å². The number of benzene rings is 1. The van der Waals surface area contributed by atoms with Crippen LogP contribution < -0.4 is 4.74 Å². The number of ether oxygens (including phenoxy) is 1. The van der Waals surface area contributed by atoms with Crippen molar-refractivity contribution >= 4 is 11.9 Å². The normalized spacial score (nSPS) is 11.2. The van der Waals surface area contributed by atoms with Gasteiger partial charge in [-0.25, -0.2) is 8.78 Å². The Morgan fingerprint density at radius 1 is 1.32 bits per heavy atom. The molecule has 25 heavy (non-hydrogen) atoms. The van der Waals surface area contributed by atoms with Crippen molar-refractivity contribution in [1.82, 2.24) is 9.78 Å². The molecule has 0 N–H and O–H groups in total. The van der Waals surface area contributed by atoms with Crippen molar-refractivity contribution < 1.29 is 22.7 Å². The molecular formula is C18H14F2N2O3. The maximum atomic E-state index is 13.5. The van der Waals surface area contributed by atoms with Gasteiger partial charge in [-0.3, -0.25) is 9.48 Å². The highest BCUT2D eigenvalue weighted by molar-refractivity contribution is 6.06. The van der Waals surface area contributed by atoms with Crippen LogP contribution in [0.5, 0.6) is 5.75 Å². The second kappa shape index (κ2) is 7.12. The predicted molar refractivity (Wildman–Crippen MR) is 86.0 cm³/mol. The lowest BCUT2D eigenvalue weighted by Crippen LogP contribution is -1.96. The number of nitrogens with zero attached hydrogens (tertiary/aromatic N) is 2. The van der Waals surface area contributed by atoms with E-state index in [4.69, 9.17) is 9.15 Å². The standard InChI is InChI=1S/C18H14F2N2O3/c1-22-10-12(9-21-22)17(23)6-5-14-3-4-15(25-14)11-24-18-7-2-13(19)8-16(18)20/h2-10H,11H2,1H3/b6-5+. The number of carbonyl (C=O) groups is 1. The highest BCUT2D eigenvalue weighted by atomic mass is 19.1. The molecule has 0 unspecified atom stereocenters. The number of aryl methyl sites for hydroxylation is 1. The van der Waals surface area contributed by atoms with Crippen molar-refractivity contribution in [3.05, 3.63) is 77.5 Å². The Bertz CT molecular complexity index is 928. The number of carbonyl (C=O) groups excluding carboxylic acids is 1. The molecule has 0 saturated heterocycles. The molecule has 128 valence electrons. The Morgan fingerprint density at radius 2 is 2.16 bits per heavy atom. The topological polar surface area (TPSA) is 57.3 Å². The smallest absolute Gasteiger partial charge is 0.189 e. The van der Waals surface area contributed by atoms with Gasteiger partial charge in [0.15, 0.2) is 17.3 Å². The number of hydrogen-bond donors (Lipinski definition) is 0. The first kappa shape index (κ1) is 16.6. The maximum absolute atomic E-state index is 13.5. The molecule has 0 bridgehead atoms. The van der Waals surface area contributed by atoms with E-state index in [1.165, 1.54) is 29.1 Å². The fraction of sp³-hybridized carbons (Fsp3) is 0.111. The van der Waals surface area contributed by atoms with Crippen LogP contribution in [0.2, 0.25) is 0 Å².